The summed E-state index contributed by atoms with van der Waals surface area (Å²) in [5.41, 5.74) is 0.564. The van der Waals surface area contributed by atoms with E-state index in [1.54, 1.807) is 0 Å². The molecule has 13 nitrogen and oxygen atoms in total. The molecule has 2 unspecified atom stereocenters. The first-order valence-electron chi connectivity index (χ1n) is 12.5. The molecule has 0 aliphatic carbocycles. The summed E-state index contributed by atoms with van der Waals surface area (Å²) < 4.78 is 47.2. The molecule has 15 heteroatoms. The summed E-state index contributed by atoms with van der Waals surface area (Å²) in [5, 5.41) is 2.53. The highest BCUT2D eigenvalue weighted by Crippen LogP contribution is 2.26. The number of carbonyl (C=O) groups is 4. The summed E-state index contributed by atoms with van der Waals surface area (Å²) >= 11 is 0. The molecule has 3 amide bonds. The fourth-order valence-corrected chi connectivity index (χ4v) is 5.83. The average molecular weight is 567 g/mol. The fourth-order valence-electron chi connectivity index (χ4n) is 4.62. The minimum absolute atomic E-state index is 0.0374. The van der Waals surface area contributed by atoms with E-state index in [1.807, 2.05) is 0 Å². The van der Waals surface area contributed by atoms with Crippen molar-refractivity contribution in [1.82, 2.24) is 23.7 Å². The molecular weight excluding hydrogens is 535 g/mol. The Hall–Kier alpha value is -3.27. The van der Waals surface area contributed by atoms with Gasteiger partial charge in [0.15, 0.2) is 6.04 Å². The Morgan fingerprint density at radius 1 is 1.13 bits per heavy atom. The van der Waals surface area contributed by atoms with Gasteiger partial charge in [0.25, 0.3) is 27.8 Å². The number of nitrogens with one attached hydrogen (secondary N) is 1. The van der Waals surface area contributed by atoms with Crippen molar-refractivity contribution in [1.29, 1.82) is 0 Å². The molecule has 0 spiro atoms. The van der Waals surface area contributed by atoms with E-state index < -0.39 is 58.2 Å². The molecule has 1 aromatic carbocycles. The van der Waals surface area contributed by atoms with E-state index in [2.05, 4.69) is 10.3 Å². The maximum Gasteiger partial charge on any atom is 0.298 e. The lowest BCUT2D eigenvalue weighted by Gasteiger charge is -2.42. The van der Waals surface area contributed by atoms with E-state index in [0.717, 1.165) is 13.5 Å². The predicted molar refractivity (Wildman–Crippen MR) is 136 cm³/mol. The number of aliphatic imine (C=N–C) groups is 1. The minimum atomic E-state index is -4.19. The lowest BCUT2D eigenvalue weighted by molar-refractivity contribution is -0.146. The highest BCUT2D eigenvalue weighted by molar-refractivity contribution is 7.86. The summed E-state index contributed by atoms with van der Waals surface area (Å²) in [6, 6.07) is 2.59. The van der Waals surface area contributed by atoms with Crippen LogP contribution in [-0.4, -0.2) is 122 Å². The van der Waals surface area contributed by atoms with E-state index in [1.165, 1.54) is 43.3 Å². The first-order valence-corrected chi connectivity index (χ1v) is 13.9. The third kappa shape index (κ3) is 6.16. The Morgan fingerprint density at radius 2 is 1.79 bits per heavy atom. The molecule has 1 aromatic rings. The Labute approximate surface area is 225 Å². The zero-order valence-electron chi connectivity index (χ0n) is 21.7. The maximum absolute atomic E-state index is 13.4. The molecule has 3 heterocycles. The number of amides is 3. The average Bonchev–Trinajstić information content (AvgIpc) is 2.93. The molecule has 0 radical (unpaired) electrons. The predicted octanol–water partition coefficient (Wildman–Crippen LogP) is -1.25. The van der Waals surface area contributed by atoms with Crippen LogP contribution in [0.4, 0.5) is 4.39 Å². The summed E-state index contributed by atoms with van der Waals surface area (Å²) in [7, 11) is -1.54. The van der Waals surface area contributed by atoms with Crippen LogP contribution in [0.1, 0.15) is 18.4 Å². The van der Waals surface area contributed by atoms with Crippen molar-refractivity contribution in [2.24, 2.45) is 4.99 Å². The van der Waals surface area contributed by atoms with Crippen molar-refractivity contribution >= 4 is 39.5 Å². The van der Waals surface area contributed by atoms with Gasteiger partial charge in [0.1, 0.15) is 11.7 Å². The number of hydrogen-bond donors (Lipinski definition) is 1. The molecule has 2 atom stereocenters. The quantitative estimate of drug-likeness (QED) is 0.305. The molecule has 212 valence electrons. The van der Waals surface area contributed by atoms with Gasteiger partial charge in [-0.2, -0.15) is 17.0 Å². The van der Waals surface area contributed by atoms with E-state index >= 15 is 0 Å². The molecule has 39 heavy (non-hydrogen) atoms. The second-order valence-corrected chi connectivity index (χ2v) is 11.6. The lowest BCUT2D eigenvalue weighted by Crippen LogP contribution is -2.64. The number of piperidine rings is 1. The van der Waals surface area contributed by atoms with Crippen LogP contribution >= 0.6 is 0 Å². The summed E-state index contributed by atoms with van der Waals surface area (Å²) in [5.74, 6) is -3.78. The van der Waals surface area contributed by atoms with E-state index in [4.69, 9.17) is 4.74 Å². The number of nitrogens with zero attached hydrogens (tertiary/aromatic N) is 5. The monoisotopic (exact) mass is 566 g/mol. The highest BCUT2D eigenvalue weighted by Gasteiger charge is 2.48. The molecule has 3 aliphatic heterocycles. The number of hydrogen-bond acceptors (Lipinski definition) is 8. The standard InChI is InChI=1S/C24H31FN6O7S/c1-28(2)39(36,37)31(15-19(32)29-10-12-38-13-11-29)18-4-3-9-30-22(18)27-20(21(33)24(30)35)23(34)26-14-16-5-7-17(25)8-6-16/h5-8,18,20H,3-4,9-15H2,1-2H3,(H,26,34). The molecule has 3 aliphatic rings. The number of amidine groups is 1. The second kappa shape index (κ2) is 11.9. The number of morpholine rings is 1. The Kier molecular flexibility index (Phi) is 8.73. The first kappa shape index (κ1) is 28.7. The third-order valence-corrected chi connectivity index (χ3v) is 8.69. The minimum Gasteiger partial charge on any atom is -0.378 e. The molecule has 1 N–H and O–H groups in total. The molecule has 2 fully saturated rings. The molecular formula is C24H31FN6O7S. The smallest absolute Gasteiger partial charge is 0.298 e. The molecule has 4 rings (SSSR count). The van der Waals surface area contributed by atoms with Crippen LogP contribution in [0.2, 0.25) is 0 Å². The van der Waals surface area contributed by atoms with Gasteiger partial charge in [-0.05, 0) is 30.5 Å². The van der Waals surface area contributed by atoms with Crippen LogP contribution in [0.5, 0.6) is 0 Å². The zero-order chi connectivity index (χ0) is 28.3. The van der Waals surface area contributed by atoms with Gasteiger partial charge in [0.2, 0.25) is 5.91 Å². The normalized spacial score (nSPS) is 22.1. The van der Waals surface area contributed by atoms with E-state index in [9.17, 15) is 32.0 Å². The van der Waals surface area contributed by atoms with Gasteiger partial charge in [-0.3, -0.25) is 24.1 Å². The largest absolute Gasteiger partial charge is 0.378 e. The number of fused-ring (bicyclic) bond motifs is 1. The highest BCUT2D eigenvalue weighted by atomic mass is 32.2. The SMILES string of the molecule is CN(C)S(=O)(=O)N(CC(=O)N1CCOCC1)C1CCCN2C(=O)C(=O)C(C(=O)NCc3ccc(F)cc3)N=C12. The molecule has 0 saturated carbocycles. The number of carbonyl (C=O) groups excluding carboxylic acids is 4. The lowest BCUT2D eigenvalue weighted by atomic mass is 9.98. The van der Waals surface area contributed by atoms with Crippen LogP contribution in [-0.2, 0) is 40.7 Å². The second-order valence-electron chi connectivity index (χ2n) is 9.54. The van der Waals surface area contributed by atoms with Gasteiger partial charge in [0, 0.05) is 40.3 Å². The number of ether oxygens (including phenoxy) is 1. The van der Waals surface area contributed by atoms with Crippen LogP contribution in [0.15, 0.2) is 29.3 Å². The van der Waals surface area contributed by atoms with Crippen LogP contribution < -0.4 is 5.32 Å². The number of ketones is 1. The van der Waals surface area contributed by atoms with Crippen LogP contribution in [0, 0.1) is 5.82 Å². The third-order valence-electron chi connectivity index (χ3n) is 6.79. The fraction of sp³-hybridized carbons (Fsp3) is 0.542. The summed E-state index contributed by atoms with van der Waals surface area (Å²) in [6.45, 7) is 0.872. The number of rotatable bonds is 8. The van der Waals surface area contributed by atoms with Crippen LogP contribution in [0.25, 0.3) is 0 Å². The van der Waals surface area contributed by atoms with Crippen molar-refractivity contribution < 1.29 is 36.7 Å². The molecule has 2 saturated heterocycles. The number of benzene rings is 1. The van der Waals surface area contributed by atoms with Gasteiger partial charge in [0.05, 0.1) is 25.8 Å². The Morgan fingerprint density at radius 3 is 2.44 bits per heavy atom. The van der Waals surface area contributed by atoms with Crippen molar-refractivity contribution in [2.45, 2.75) is 31.5 Å². The Bertz CT molecular complexity index is 1260. The summed E-state index contributed by atoms with van der Waals surface area (Å²) in [4.78, 5) is 58.8. The zero-order valence-corrected chi connectivity index (χ0v) is 22.5. The van der Waals surface area contributed by atoms with Crippen molar-refractivity contribution in [2.75, 3.05) is 53.5 Å². The van der Waals surface area contributed by atoms with Crippen molar-refractivity contribution in [3.63, 3.8) is 0 Å². The number of Topliss-reactive ketones (excluding diaryl/α,β-unsaturated/α-hetero) is 1. The molecule has 0 aromatic heterocycles. The first-order chi connectivity index (χ1) is 18.5. The number of halogens is 1. The van der Waals surface area contributed by atoms with Crippen LogP contribution in [0.3, 0.4) is 0 Å². The van der Waals surface area contributed by atoms with Gasteiger partial charge in [-0.25, -0.2) is 9.38 Å². The van der Waals surface area contributed by atoms with Gasteiger partial charge in [-0.1, -0.05) is 12.1 Å². The van der Waals surface area contributed by atoms with Crippen molar-refractivity contribution in [3.05, 3.63) is 35.6 Å². The maximum atomic E-state index is 13.4. The van der Waals surface area contributed by atoms with Gasteiger partial charge in [-0.15, -0.1) is 0 Å². The van der Waals surface area contributed by atoms with Crippen molar-refractivity contribution in [3.8, 4) is 0 Å². The summed E-state index contributed by atoms with van der Waals surface area (Å²) in [6.07, 6.45) is 0.583. The topological polar surface area (TPSA) is 149 Å². The van der Waals surface area contributed by atoms with Gasteiger partial charge < -0.3 is 15.0 Å². The van der Waals surface area contributed by atoms with E-state index in [-0.39, 0.29) is 25.3 Å². The van der Waals surface area contributed by atoms with E-state index in [0.29, 0.717) is 38.3 Å². The molecule has 0 bridgehead atoms. The Balaban J connectivity index is 1.63. The van der Waals surface area contributed by atoms with Gasteiger partial charge >= 0.3 is 0 Å².